The molecule has 4 heteroatoms. The highest BCUT2D eigenvalue weighted by atomic mass is 16.3. The van der Waals surface area contributed by atoms with Crippen LogP contribution in [0.15, 0.2) is 0 Å². The van der Waals surface area contributed by atoms with Crippen molar-refractivity contribution in [1.29, 1.82) is 0 Å². The molecule has 14 heavy (non-hydrogen) atoms. The molecule has 1 saturated heterocycles. The average molecular weight is 200 g/mol. The number of amides is 2. The Bertz CT molecular complexity index is 177. The first-order chi connectivity index (χ1) is 6.74. The fourth-order valence-electron chi connectivity index (χ4n) is 1.55. The van der Waals surface area contributed by atoms with Crippen molar-refractivity contribution in [2.45, 2.75) is 38.7 Å². The first kappa shape index (κ1) is 11.3. The third-order valence-corrected chi connectivity index (χ3v) is 2.56. The van der Waals surface area contributed by atoms with Gasteiger partial charge in [0.25, 0.3) is 0 Å². The van der Waals surface area contributed by atoms with E-state index in [1.807, 2.05) is 0 Å². The van der Waals surface area contributed by atoms with Crippen LogP contribution in [-0.4, -0.2) is 41.8 Å². The van der Waals surface area contributed by atoms with Crippen LogP contribution < -0.4 is 5.32 Å². The molecule has 0 bridgehead atoms. The summed E-state index contributed by atoms with van der Waals surface area (Å²) in [4.78, 5) is 13.3. The number of unbranched alkanes of at least 4 members (excludes halogenated alkanes) is 1. The fourth-order valence-corrected chi connectivity index (χ4v) is 1.55. The number of nitrogens with zero attached hydrogens (tertiary/aromatic N) is 1. The molecule has 0 saturated carbocycles. The summed E-state index contributed by atoms with van der Waals surface area (Å²) in [5.41, 5.74) is 0. The third kappa shape index (κ3) is 3.54. The molecule has 0 spiro atoms. The van der Waals surface area contributed by atoms with E-state index in [0.717, 1.165) is 19.4 Å². The quantitative estimate of drug-likeness (QED) is 0.666. The van der Waals surface area contributed by atoms with Gasteiger partial charge in [0.15, 0.2) is 0 Å². The molecule has 1 fully saturated rings. The van der Waals surface area contributed by atoms with Crippen molar-refractivity contribution in [3.63, 3.8) is 0 Å². The molecule has 0 aromatic rings. The van der Waals surface area contributed by atoms with E-state index in [1.54, 1.807) is 4.90 Å². The second-order valence-electron chi connectivity index (χ2n) is 3.80. The number of rotatable bonds is 3. The van der Waals surface area contributed by atoms with E-state index in [-0.39, 0.29) is 12.1 Å². The van der Waals surface area contributed by atoms with Crippen LogP contribution in [0.2, 0.25) is 0 Å². The van der Waals surface area contributed by atoms with E-state index in [2.05, 4.69) is 12.2 Å². The van der Waals surface area contributed by atoms with E-state index in [4.69, 9.17) is 0 Å². The lowest BCUT2D eigenvalue weighted by Gasteiger charge is -2.29. The fraction of sp³-hybridized carbons (Fsp3) is 0.900. The van der Waals surface area contributed by atoms with Crippen molar-refractivity contribution in [3.8, 4) is 0 Å². The number of aliphatic hydroxyl groups is 1. The SMILES string of the molecule is CCCCNC(=O)N1CCC(O)CC1. The molecule has 1 aliphatic rings. The Hall–Kier alpha value is -0.770. The summed E-state index contributed by atoms with van der Waals surface area (Å²) in [6, 6.07) is 0.0188. The van der Waals surface area contributed by atoms with Crippen LogP contribution >= 0.6 is 0 Å². The van der Waals surface area contributed by atoms with Crippen molar-refractivity contribution in [2.75, 3.05) is 19.6 Å². The molecule has 1 aliphatic heterocycles. The number of aliphatic hydroxyl groups excluding tert-OH is 1. The zero-order chi connectivity index (χ0) is 10.4. The van der Waals surface area contributed by atoms with Crippen LogP contribution in [0.3, 0.4) is 0 Å². The molecular weight excluding hydrogens is 180 g/mol. The van der Waals surface area contributed by atoms with Gasteiger partial charge in [-0.25, -0.2) is 4.79 Å². The minimum absolute atomic E-state index is 0.0188. The highest BCUT2D eigenvalue weighted by Gasteiger charge is 2.20. The lowest BCUT2D eigenvalue weighted by molar-refractivity contribution is 0.0937. The van der Waals surface area contributed by atoms with E-state index in [9.17, 15) is 9.90 Å². The molecule has 0 atom stereocenters. The zero-order valence-corrected chi connectivity index (χ0v) is 8.83. The predicted molar refractivity (Wildman–Crippen MR) is 55.1 cm³/mol. The molecule has 2 N–H and O–H groups in total. The van der Waals surface area contributed by atoms with E-state index in [1.165, 1.54) is 0 Å². The number of hydrogen-bond acceptors (Lipinski definition) is 2. The third-order valence-electron chi connectivity index (χ3n) is 2.56. The molecule has 0 unspecified atom stereocenters. The molecular formula is C10H20N2O2. The Morgan fingerprint density at radius 2 is 2.14 bits per heavy atom. The number of hydrogen-bond donors (Lipinski definition) is 2. The smallest absolute Gasteiger partial charge is 0.317 e. The van der Waals surface area contributed by atoms with Gasteiger partial charge in [-0.15, -0.1) is 0 Å². The minimum Gasteiger partial charge on any atom is -0.393 e. The maximum Gasteiger partial charge on any atom is 0.317 e. The molecule has 0 radical (unpaired) electrons. The minimum atomic E-state index is -0.213. The Labute approximate surface area is 85.3 Å². The van der Waals surface area contributed by atoms with Gasteiger partial charge in [-0.3, -0.25) is 0 Å². The van der Waals surface area contributed by atoms with Crippen molar-refractivity contribution >= 4 is 6.03 Å². The summed E-state index contributed by atoms with van der Waals surface area (Å²) in [6.45, 7) is 4.22. The highest BCUT2D eigenvalue weighted by Crippen LogP contribution is 2.09. The first-order valence-corrected chi connectivity index (χ1v) is 5.45. The number of urea groups is 1. The molecule has 4 nitrogen and oxygen atoms in total. The van der Waals surface area contributed by atoms with E-state index < -0.39 is 0 Å². The largest absolute Gasteiger partial charge is 0.393 e. The van der Waals surface area contributed by atoms with Crippen LogP contribution in [0.4, 0.5) is 4.79 Å². The van der Waals surface area contributed by atoms with Gasteiger partial charge in [0.1, 0.15) is 0 Å². The van der Waals surface area contributed by atoms with Crippen molar-refractivity contribution in [2.24, 2.45) is 0 Å². The van der Waals surface area contributed by atoms with Crippen molar-refractivity contribution < 1.29 is 9.90 Å². The lowest BCUT2D eigenvalue weighted by atomic mass is 10.1. The Morgan fingerprint density at radius 1 is 1.50 bits per heavy atom. The highest BCUT2D eigenvalue weighted by molar-refractivity contribution is 5.74. The second kappa shape index (κ2) is 5.86. The Kier molecular flexibility index (Phi) is 4.73. The molecule has 2 amide bonds. The average Bonchev–Trinajstić information content (AvgIpc) is 2.19. The van der Waals surface area contributed by atoms with Gasteiger partial charge in [-0.05, 0) is 19.3 Å². The van der Waals surface area contributed by atoms with Crippen LogP contribution in [0.25, 0.3) is 0 Å². The number of nitrogens with one attached hydrogen (secondary N) is 1. The van der Waals surface area contributed by atoms with Gasteiger partial charge in [0, 0.05) is 19.6 Å². The predicted octanol–water partition coefficient (Wildman–Crippen LogP) is 0.953. The summed E-state index contributed by atoms with van der Waals surface area (Å²) in [6.07, 6.45) is 3.33. The standard InChI is InChI=1S/C10H20N2O2/c1-2-3-6-11-10(14)12-7-4-9(13)5-8-12/h9,13H,2-8H2,1H3,(H,11,14). The number of carbonyl (C=O) groups excluding carboxylic acids is 1. The lowest BCUT2D eigenvalue weighted by Crippen LogP contribution is -2.45. The van der Waals surface area contributed by atoms with E-state index >= 15 is 0 Å². The summed E-state index contributed by atoms with van der Waals surface area (Å²) in [5.74, 6) is 0. The zero-order valence-electron chi connectivity index (χ0n) is 8.83. The summed E-state index contributed by atoms with van der Waals surface area (Å²) < 4.78 is 0. The van der Waals surface area contributed by atoms with Gasteiger partial charge in [0.2, 0.25) is 0 Å². The van der Waals surface area contributed by atoms with Gasteiger partial charge in [-0.1, -0.05) is 13.3 Å². The molecule has 0 aliphatic carbocycles. The molecule has 0 aromatic heterocycles. The Morgan fingerprint density at radius 3 is 2.71 bits per heavy atom. The van der Waals surface area contributed by atoms with Crippen LogP contribution in [-0.2, 0) is 0 Å². The molecule has 1 rings (SSSR count). The normalized spacial score (nSPS) is 18.3. The monoisotopic (exact) mass is 200 g/mol. The first-order valence-electron chi connectivity index (χ1n) is 5.45. The van der Waals surface area contributed by atoms with Gasteiger partial charge >= 0.3 is 6.03 Å². The van der Waals surface area contributed by atoms with Crippen LogP contribution in [0.1, 0.15) is 32.6 Å². The van der Waals surface area contributed by atoms with Crippen molar-refractivity contribution in [3.05, 3.63) is 0 Å². The van der Waals surface area contributed by atoms with Gasteiger partial charge < -0.3 is 15.3 Å². The number of likely N-dealkylation sites (tertiary alicyclic amines) is 1. The molecule has 0 aromatic carbocycles. The Balaban J connectivity index is 2.17. The molecule has 82 valence electrons. The second-order valence-corrected chi connectivity index (χ2v) is 3.80. The maximum absolute atomic E-state index is 11.5. The van der Waals surface area contributed by atoms with Gasteiger partial charge in [0.05, 0.1) is 6.10 Å². The van der Waals surface area contributed by atoms with Crippen LogP contribution in [0.5, 0.6) is 0 Å². The molecule has 1 heterocycles. The van der Waals surface area contributed by atoms with E-state index in [0.29, 0.717) is 25.9 Å². The number of piperidine rings is 1. The topological polar surface area (TPSA) is 52.6 Å². The van der Waals surface area contributed by atoms with Gasteiger partial charge in [-0.2, -0.15) is 0 Å². The summed E-state index contributed by atoms with van der Waals surface area (Å²) in [5, 5.41) is 12.1. The van der Waals surface area contributed by atoms with Crippen molar-refractivity contribution in [1.82, 2.24) is 10.2 Å². The van der Waals surface area contributed by atoms with Crippen LogP contribution in [0, 0.1) is 0 Å². The summed E-state index contributed by atoms with van der Waals surface area (Å²) in [7, 11) is 0. The number of carbonyl (C=O) groups is 1. The maximum atomic E-state index is 11.5. The summed E-state index contributed by atoms with van der Waals surface area (Å²) >= 11 is 0.